The molecule has 0 rings (SSSR count). The topological polar surface area (TPSA) is 40.5 Å². The Morgan fingerprint density at radius 3 is 2.15 bits per heavy atom. The Kier molecular flexibility index (Phi) is 4.65. The number of allylic oxidation sites excluding steroid dienone is 1. The fraction of sp³-hybridized carbons (Fsp3) is 0.818. The highest BCUT2D eigenvalue weighted by Gasteiger charge is 2.27. The van der Waals surface area contributed by atoms with Gasteiger partial charge in [0.2, 0.25) is 0 Å². The van der Waals surface area contributed by atoms with Gasteiger partial charge in [0.05, 0.1) is 12.7 Å². The van der Waals surface area contributed by atoms with Crippen LogP contribution in [0.4, 0.5) is 0 Å². The number of hydrogen-bond acceptors (Lipinski definition) is 2. The lowest BCUT2D eigenvalue weighted by Crippen LogP contribution is -2.33. The van der Waals surface area contributed by atoms with Gasteiger partial charge in [-0.1, -0.05) is 33.8 Å². The summed E-state index contributed by atoms with van der Waals surface area (Å²) >= 11 is 0. The first-order valence-electron chi connectivity index (χ1n) is 4.78. The quantitative estimate of drug-likeness (QED) is 0.659. The zero-order chi connectivity index (χ0) is 10.6. The van der Waals surface area contributed by atoms with Gasteiger partial charge in [-0.05, 0) is 18.4 Å². The average molecular weight is 186 g/mol. The molecule has 78 valence electrons. The lowest BCUT2D eigenvalue weighted by Gasteiger charge is -2.29. The molecule has 0 bridgehead atoms. The number of aliphatic hydroxyl groups is 2. The summed E-state index contributed by atoms with van der Waals surface area (Å²) in [4.78, 5) is 0. The van der Waals surface area contributed by atoms with Crippen LogP contribution in [0.2, 0.25) is 0 Å². The van der Waals surface area contributed by atoms with Crippen molar-refractivity contribution in [2.75, 3.05) is 6.61 Å². The van der Waals surface area contributed by atoms with Crippen LogP contribution in [-0.2, 0) is 0 Å². The van der Waals surface area contributed by atoms with Gasteiger partial charge in [0, 0.05) is 5.41 Å². The van der Waals surface area contributed by atoms with E-state index in [1.165, 1.54) is 0 Å². The Balaban J connectivity index is 4.50. The summed E-state index contributed by atoms with van der Waals surface area (Å²) in [6.07, 6.45) is 1.47. The van der Waals surface area contributed by atoms with E-state index in [9.17, 15) is 5.11 Å². The van der Waals surface area contributed by atoms with Gasteiger partial charge < -0.3 is 10.2 Å². The van der Waals surface area contributed by atoms with E-state index in [0.717, 1.165) is 5.57 Å². The van der Waals surface area contributed by atoms with Gasteiger partial charge in [-0.15, -0.1) is 0 Å². The second kappa shape index (κ2) is 4.77. The molecule has 0 saturated heterocycles. The fourth-order valence-electron chi connectivity index (χ4n) is 1.32. The van der Waals surface area contributed by atoms with Crippen molar-refractivity contribution in [1.29, 1.82) is 0 Å². The summed E-state index contributed by atoms with van der Waals surface area (Å²) in [6, 6.07) is 0. The Morgan fingerprint density at radius 1 is 1.38 bits per heavy atom. The molecule has 0 aliphatic rings. The van der Waals surface area contributed by atoms with Crippen LogP contribution in [-0.4, -0.2) is 22.9 Å². The van der Waals surface area contributed by atoms with Crippen molar-refractivity contribution >= 4 is 0 Å². The summed E-state index contributed by atoms with van der Waals surface area (Å²) in [7, 11) is 0. The molecule has 2 N–H and O–H groups in total. The number of hydrogen-bond donors (Lipinski definition) is 2. The normalized spacial score (nSPS) is 16.5. The molecule has 1 atom stereocenters. The standard InChI is InChI=1S/C11H22O2/c1-8(2)6-9(3)10(13)11(4,5)7-12/h6,8,10,12-13H,7H2,1-5H3/b9-6+. The molecule has 0 spiro atoms. The predicted octanol–water partition coefficient (Wildman–Crippen LogP) is 1.97. The lowest BCUT2D eigenvalue weighted by atomic mass is 9.83. The molecule has 13 heavy (non-hydrogen) atoms. The van der Waals surface area contributed by atoms with Gasteiger partial charge in [0.1, 0.15) is 0 Å². The predicted molar refractivity (Wildman–Crippen MR) is 55.5 cm³/mol. The largest absolute Gasteiger partial charge is 0.396 e. The van der Waals surface area contributed by atoms with Gasteiger partial charge in [-0.2, -0.15) is 0 Å². The van der Waals surface area contributed by atoms with Crippen LogP contribution in [0, 0.1) is 11.3 Å². The molecule has 0 fully saturated rings. The highest BCUT2D eigenvalue weighted by atomic mass is 16.3. The SMILES string of the molecule is C/C(=C\C(C)C)C(O)C(C)(C)CO. The van der Waals surface area contributed by atoms with Crippen molar-refractivity contribution in [3.8, 4) is 0 Å². The van der Waals surface area contributed by atoms with Crippen LogP contribution in [0.15, 0.2) is 11.6 Å². The molecule has 0 aromatic heterocycles. The van der Waals surface area contributed by atoms with Crippen molar-refractivity contribution in [3.05, 3.63) is 11.6 Å². The molecule has 0 radical (unpaired) electrons. The van der Waals surface area contributed by atoms with E-state index in [1.807, 2.05) is 26.8 Å². The average Bonchev–Trinajstić information content (AvgIpc) is 2.01. The first-order valence-corrected chi connectivity index (χ1v) is 4.78. The molecular formula is C11H22O2. The monoisotopic (exact) mass is 186 g/mol. The van der Waals surface area contributed by atoms with Gasteiger partial charge in [-0.25, -0.2) is 0 Å². The Morgan fingerprint density at radius 2 is 1.85 bits per heavy atom. The third kappa shape index (κ3) is 3.92. The van der Waals surface area contributed by atoms with Gasteiger partial charge >= 0.3 is 0 Å². The first kappa shape index (κ1) is 12.7. The molecule has 2 nitrogen and oxygen atoms in total. The van der Waals surface area contributed by atoms with E-state index in [4.69, 9.17) is 5.11 Å². The smallest absolute Gasteiger partial charge is 0.0820 e. The zero-order valence-electron chi connectivity index (χ0n) is 9.33. The third-order valence-corrected chi connectivity index (χ3v) is 2.18. The second-order valence-electron chi connectivity index (χ2n) is 4.70. The minimum absolute atomic E-state index is 0.00254. The maximum absolute atomic E-state index is 9.87. The van der Waals surface area contributed by atoms with E-state index in [2.05, 4.69) is 13.8 Å². The van der Waals surface area contributed by atoms with Crippen LogP contribution in [0.1, 0.15) is 34.6 Å². The maximum atomic E-state index is 9.87. The molecule has 2 heteroatoms. The lowest BCUT2D eigenvalue weighted by molar-refractivity contribution is 0.0308. The van der Waals surface area contributed by atoms with E-state index >= 15 is 0 Å². The molecule has 0 aromatic rings. The Bertz CT molecular complexity index is 181. The molecule has 0 saturated carbocycles. The summed E-state index contributed by atoms with van der Waals surface area (Å²) in [5.74, 6) is 0.434. The van der Waals surface area contributed by atoms with Crippen molar-refractivity contribution in [2.45, 2.75) is 40.7 Å². The highest BCUT2D eigenvalue weighted by molar-refractivity contribution is 5.09. The molecule has 0 aliphatic heterocycles. The van der Waals surface area contributed by atoms with E-state index in [0.29, 0.717) is 5.92 Å². The summed E-state index contributed by atoms with van der Waals surface area (Å²) in [5.41, 5.74) is 0.490. The van der Waals surface area contributed by atoms with Gasteiger partial charge in [-0.3, -0.25) is 0 Å². The van der Waals surface area contributed by atoms with Crippen molar-refractivity contribution < 1.29 is 10.2 Å². The first-order chi connectivity index (χ1) is 5.81. The molecule has 0 heterocycles. The molecule has 0 amide bonds. The summed E-state index contributed by atoms with van der Waals surface area (Å²) in [6.45, 7) is 9.76. The van der Waals surface area contributed by atoms with Crippen LogP contribution < -0.4 is 0 Å². The van der Waals surface area contributed by atoms with Gasteiger partial charge in [0.15, 0.2) is 0 Å². The van der Waals surface area contributed by atoms with E-state index in [-0.39, 0.29) is 6.61 Å². The minimum Gasteiger partial charge on any atom is -0.396 e. The number of rotatable bonds is 4. The van der Waals surface area contributed by atoms with E-state index < -0.39 is 11.5 Å². The van der Waals surface area contributed by atoms with Crippen LogP contribution in [0.25, 0.3) is 0 Å². The molecule has 1 unspecified atom stereocenters. The fourth-order valence-corrected chi connectivity index (χ4v) is 1.32. The van der Waals surface area contributed by atoms with Crippen LogP contribution in [0.5, 0.6) is 0 Å². The summed E-state index contributed by atoms with van der Waals surface area (Å²) in [5, 5.41) is 18.9. The maximum Gasteiger partial charge on any atom is 0.0820 e. The van der Waals surface area contributed by atoms with Crippen molar-refractivity contribution in [2.24, 2.45) is 11.3 Å². The second-order valence-corrected chi connectivity index (χ2v) is 4.70. The van der Waals surface area contributed by atoms with Crippen LogP contribution in [0.3, 0.4) is 0 Å². The van der Waals surface area contributed by atoms with Crippen molar-refractivity contribution in [1.82, 2.24) is 0 Å². The highest BCUT2D eigenvalue weighted by Crippen LogP contribution is 2.25. The zero-order valence-corrected chi connectivity index (χ0v) is 9.33. The Hall–Kier alpha value is -0.340. The number of aliphatic hydroxyl groups excluding tert-OH is 2. The Labute approximate surface area is 81.3 Å². The molecule has 0 aromatic carbocycles. The van der Waals surface area contributed by atoms with Crippen LogP contribution >= 0.6 is 0 Å². The molecular weight excluding hydrogens is 164 g/mol. The summed E-state index contributed by atoms with van der Waals surface area (Å²) < 4.78 is 0. The third-order valence-electron chi connectivity index (χ3n) is 2.18. The van der Waals surface area contributed by atoms with Gasteiger partial charge in [0.25, 0.3) is 0 Å². The minimum atomic E-state index is -0.556. The molecule has 0 aliphatic carbocycles. The van der Waals surface area contributed by atoms with Crippen molar-refractivity contribution in [3.63, 3.8) is 0 Å². The van der Waals surface area contributed by atoms with E-state index in [1.54, 1.807) is 0 Å².